The van der Waals surface area contributed by atoms with Crippen molar-refractivity contribution in [1.82, 2.24) is 0 Å². The van der Waals surface area contributed by atoms with E-state index in [1.807, 2.05) is 0 Å². The molecule has 0 spiro atoms. The summed E-state index contributed by atoms with van der Waals surface area (Å²) in [4.78, 5) is 15.7. The van der Waals surface area contributed by atoms with Crippen molar-refractivity contribution in [3.8, 4) is 0 Å². The van der Waals surface area contributed by atoms with Crippen LogP contribution in [0, 0.1) is 5.82 Å². The predicted octanol–water partition coefficient (Wildman–Crippen LogP) is 2.36. The zero-order valence-corrected chi connectivity index (χ0v) is 8.87. The molecule has 0 aliphatic carbocycles. The van der Waals surface area contributed by atoms with Crippen molar-refractivity contribution in [2.24, 2.45) is 5.16 Å². The fourth-order valence-electron chi connectivity index (χ4n) is 1.30. The second-order valence-electron chi connectivity index (χ2n) is 3.13. The van der Waals surface area contributed by atoms with Crippen LogP contribution in [0.5, 0.6) is 0 Å². The van der Waals surface area contributed by atoms with E-state index in [1.165, 1.54) is 12.1 Å². The first kappa shape index (κ1) is 10.8. The Morgan fingerprint density at radius 1 is 1.44 bits per heavy atom. The van der Waals surface area contributed by atoms with E-state index in [9.17, 15) is 9.18 Å². The summed E-state index contributed by atoms with van der Waals surface area (Å²) in [7, 11) is 0. The molecule has 1 aliphatic heterocycles. The fraction of sp³-hybridized carbons (Fsp3) is 0.0909. The summed E-state index contributed by atoms with van der Waals surface area (Å²) in [5.74, 6) is -0.978. The van der Waals surface area contributed by atoms with E-state index in [1.54, 1.807) is 18.2 Å². The average molecular weight is 240 g/mol. The van der Waals surface area contributed by atoms with Gasteiger partial charge in [0.25, 0.3) is 0 Å². The SMILES string of the molecule is O=C1ON=C(CCl)/C1=C\c1ccccc1F. The number of halogens is 2. The summed E-state index contributed by atoms with van der Waals surface area (Å²) >= 11 is 5.58. The summed E-state index contributed by atoms with van der Waals surface area (Å²) in [6.45, 7) is 0. The number of carbonyl (C=O) groups excluding carboxylic acids is 1. The van der Waals surface area contributed by atoms with Gasteiger partial charge in [-0.15, -0.1) is 11.6 Å². The third-order valence-electron chi connectivity index (χ3n) is 2.10. The lowest BCUT2D eigenvalue weighted by molar-refractivity contribution is -0.136. The molecular weight excluding hydrogens is 233 g/mol. The molecule has 1 aromatic rings. The van der Waals surface area contributed by atoms with Gasteiger partial charge in [0, 0.05) is 5.56 Å². The molecule has 0 aromatic heterocycles. The lowest BCUT2D eigenvalue weighted by Crippen LogP contribution is -2.06. The van der Waals surface area contributed by atoms with E-state index in [0.717, 1.165) is 0 Å². The van der Waals surface area contributed by atoms with Crippen molar-refractivity contribution in [3.63, 3.8) is 0 Å². The zero-order valence-electron chi connectivity index (χ0n) is 8.11. The third kappa shape index (κ3) is 1.97. The molecule has 0 N–H and O–H groups in total. The number of nitrogens with zero attached hydrogens (tertiary/aromatic N) is 1. The van der Waals surface area contributed by atoms with Crippen LogP contribution in [0.2, 0.25) is 0 Å². The summed E-state index contributed by atoms with van der Waals surface area (Å²) < 4.78 is 13.3. The first-order valence-corrected chi connectivity index (χ1v) is 5.06. The Labute approximate surface area is 96.2 Å². The van der Waals surface area contributed by atoms with Gasteiger partial charge in [0.2, 0.25) is 0 Å². The molecule has 0 fully saturated rings. The lowest BCUT2D eigenvalue weighted by atomic mass is 10.1. The first-order chi connectivity index (χ1) is 7.72. The summed E-state index contributed by atoms with van der Waals surface area (Å²) in [6.07, 6.45) is 1.38. The molecule has 0 saturated heterocycles. The highest BCUT2D eigenvalue weighted by atomic mass is 35.5. The molecule has 0 atom stereocenters. The molecule has 16 heavy (non-hydrogen) atoms. The highest BCUT2D eigenvalue weighted by Crippen LogP contribution is 2.18. The van der Waals surface area contributed by atoms with Gasteiger partial charge < -0.3 is 4.84 Å². The van der Waals surface area contributed by atoms with Crippen molar-refractivity contribution < 1.29 is 14.0 Å². The largest absolute Gasteiger partial charge is 0.367 e. The second-order valence-corrected chi connectivity index (χ2v) is 3.40. The van der Waals surface area contributed by atoms with Crippen LogP contribution in [0.15, 0.2) is 35.0 Å². The van der Waals surface area contributed by atoms with Gasteiger partial charge in [-0.2, -0.15) is 0 Å². The van der Waals surface area contributed by atoms with Gasteiger partial charge >= 0.3 is 5.97 Å². The summed E-state index contributed by atoms with van der Waals surface area (Å²) in [5, 5.41) is 3.49. The number of alkyl halides is 1. The van der Waals surface area contributed by atoms with E-state index in [4.69, 9.17) is 11.6 Å². The third-order valence-corrected chi connectivity index (χ3v) is 2.35. The van der Waals surface area contributed by atoms with Crippen LogP contribution in [0.1, 0.15) is 5.56 Å². The molecule has 2 rings (SSSR count). The van der Waals surface area contributed by atoms with Crippen molar-refractivity contribution in [1.29, 1.82) is 0 Å². The number of oxime groups is 1. The standard InChI is InChI=1S/C11H7ClFNO2/c12-6-10-8(11(15)16-14-10)5-7-3-1-2-4-9(7)13/h1-5H,6H2/b8-5+. The Balaban J connectivity index is 2.41. The number of benzene rings is 1. The van der Waals surface area contributed by atoms with Crippen molar-refractivity contribution >= 4 is 29.4 Å². The summed E-state index contributed by atoms with van der Waals surface area (Å²) in [5.41, 5.74) is 0.809. The Morgan fingerprint density at radius 2 is 2.19 bits per heavy atom. The Bertz CT molecular complexity index is 497. The molecule has 3 nitrogen and oxygen atoms in total. The van der Waals surface area contributed by atoms with E-state index in [0.29, 0.717) is 11.3 Å². The van der Waals surface area contributed by atoms with Crippen molar-refractivity contribution in [3.05, 3.63) is 41.2 Å². The minimum absolute atomic E-state index is 0.0476. The molecule has 1 aromatic carbocycles. The molecule has 0 bridgehead atoms. The number of hydrogen-bond acceptors (Lipinski definition) is 3. The predicted molar refractivity (Wildman–Crippen MR) is 58.6 cm³/mol. The summed E-state index contributed by atoms with van der Waals surface area (Å²) in [6, 6.07) is 6.11. The monoisotopic (exact) mass is 239 g/mol. The highest BCUT2D eigenvalue weighted by molar-refractivity contribution is 6.38. The van der Waals surface area contributed by atoms with Gasteiger partial charge in [-0.1, -0.05) is 23.4 Å². The van der Waals surface area contributed by atoms with Gasteiger partial charge in [-0.25, -0.2) is 9.18 Å². The van der Waals surface area contributed by atoms with Crippen LogP contribution < -0.4 is 0 Å². The van der Waals surface area contributed by atoms with E-state index in [-0.39, 0.29) is 11.5 Å². The molecule has 0 saturated carbocycles. The van der Waals surface area contributed by atoms with Gasteiger partial charge in [0.1, 0.15) is 11.5 Å². The van der Waals surface area contributed by atoms with E-state index in [2.05, 4.69) is 9.99 Å². The molecule has 1 heterocycles. The van der Waals surface area contributed by atoms with Crippen LogP contribution in [0.4, 0.5) is 4.39 Å². The van der Waals surface area contributed by atoms with Crippen LogP contribution in [0.25, 0.3) is 6.08 Å². The smallest absolute Gasteiger partial charge is 0.312 e. The topological polar surface area (TPSA) is 38.7 Å². The van der Waals surface area contributed by atoms with E-state index < -0.39 is 11.8 Å². The second kappa shape index (κ2) is 4.45. The lowest BCUT2D eigenvalue weighted by Gasteiger charge is -1.97. The number of rotatable bonds is 2. The normalized spacial score (nSPS) is 17.5. The van der Waals surface area contributed by atoms with Crippen LogP contribution >= 0.6 is 11.6 Å². The minimum atomic E-state index is -0.612. The van der Waals surface area contributed by atoms with Gasteiger partial charge in [0.15, 0.2) is 0 Å². The molecule has 0 amide bonds. The highest BCUT2D eigenvalue weighted by Gasteiger charge is 2.24. The maximum Gasteiger partial charge on any atom is 0.367 e. The Kier molecular flexibility index (Phi) is 3.01. The molecule has 5 heteroatoms. The fourth-order valence-corrected chi connectivity index (χ4v) is 1.49. The number of carbonyl (C=O) groups is 1. The first-order valence-electron chi connectivity index (χ1n) is 4.53. The van der Waals surface area contributed by atoms with Crippen LogP contribution in [-0.2, 0) is 9.63 Å². The van der Waals surface area contributed by atoms with Gasteiger partial charge in [-0.05, 0) is 12.1 Å². The minimum Gasteiger partial charge on any atom is -0.312 e. The zero-order chi connectivity index (χ0) is 11.5. The average Bonchev–Trinajstić information content (AvgIpc) is 2.63. The van der Waals surface area contributed by atoms with Gasteiger partial charge in [-0.3, -0.25) is 0 Å². The van der Waals surface area contributed by atoms with Crippen LogP contribution in [-0.4, -0.2) is 17.6 Å². The van der Waals surface area contributed by atoms with E-state index >= 15 is 0 Å². The molecule has 0 unspecified atom stereocenters. The molecule has 0 radical (unpaired) electrons. The Morgan fingerprint density at radius 3 is 2.88 bits per heavy atom. The maximum absolute atomic E-state index is 13.3. The molecular formula is C11H7ClFNO2. The number of hydrogen-bond donors (Lipinski definition) is 0. The van der Waals surface area contributed by atoms with Crippen LogP contribution in [0.3, 0.4) is 0 Å². The van der Waals surface area contributed by atoms with Gasteiger partial charge in [0.05, 0.1) is 11.5 Å². The molecule has 82 valence electrons. The molecule has 1 aliphatic rings. The van der Waals surface area contributed by atoms with Crippen molar-refractivity contribution in [2.45, 2.75) is 0 Å². The Hall–Kier alpha value is -1.68. The maximum atomic E-state index is 13.3. The quantitative estimate of drug-likeness (QED) is 0.451. The van der Waals surface area contributed by atoms with Crippen molar-refractivity contribution in [2.75, 3.05) is 5.88 Å².